The van der Waals surface area contributed by atoms with Gasteiger partial charge >= 0.3 is 0 Å². The van der Waals surface area contributed by atoms with Gasteiger partial charge < -0.3 is 0 Å². The topological polar surface area (TPSA) is 0 Å². The zero-order valence-electron chi connectivity index (χ0n) is 7.10. The Morgan fingerprint density at radius 1 is 1.46 bits per heavy atom. The van der Waals surface area contributed by atoms with Gasteiger partial charge in [-0.25, -0.2) is 4.39 Å². The Bertz CT molecular complexity index is 447. The number of aryl methyl sites for hydroxylation is 1. The first-order valence-corrected chi connectivity index (χ1v) is 5.31. The van der Waals surface area contributed by atoms with E-state index < -0.39 is 0 Å². The van der Waals surface area contributed by atoms with Gasteiger partial charge in [0, 0.05) is 10.4 Å². The highest BCUT2D eigenvalue weighted by atomic mass is 35.5. The third-order valence-electron chi connectivity index (χ3n) is 1.97. The van der Waals surface area contributed by atoms with Gasteiger partial charge in [0.15, 0.2) is 0 Å². The van der Waals surface area contributed by atoms with Gasteiger partial charge in [0.05, 0.1) is 10.6 Å². The van der Waals surface area contributed by atoms with E-state index in [-0.39, 0.29) is 11.7 Å². The maximum Gasteiger partial charge on any atom is 0.145 e. The predicted octanol–water partition coefficient (Wildman–Crippen LogP) is 4.09. The maximum absolute atomic E-state index is 13.6. The smallest absolute Gasteiger partial charge is 0.145 e. The number of hydrogen-bond acceptors (Lipinski definition) is 1. The highest BCUT2D eigenvalue weighted by Crippen LogP contribution is 2.29. The lowest BCUT2D eigenvalue weighted by molar-refractivity contribution is 0.631. The van der Waals surface area contributed by atoms with Crippen LogP contribution < -0.4 is 0 Å². The molecular weight excluding hydrogens is 207 g/mol. The molecule has 0 aliphatic rings. The molecule has 0 nitrogen and oxygen atoms in total. The number of fused-ring (bicyclic) bond motifs is 1. The second-order valence-corrected chi connectivity index (χ2v) is 4.47. The van der Waals surface area contributed by atoms with Crippen molar-refractivity contribution < 1.29 is 4.39 Å². The summed E-state index contributed by atoms with van der Waals surface area (Å²) < 4.78 is 14.3. The summed E-state index contributed by atoms with van der Waals surface area (Å²) in [6.45, 7) is 1.98. The Kier molecular flexibility index (Phi) is 2.26. The Labute approximate surface area is 85.0 Å². The molecule has 0 unspecified atom stereocenters. The first kappa shape index (κ1) is 8.97. The summed E-state index contributed by atoms with van der Waals surface area (Å²) in [6, 6.07) is 5.65. The largest absolute Gasteiger partial charge is 0.205 e. The molecule has 0 amide bonds. The first-order valence-electron chi connectivity index (χ1n) is 3.96. The standard InChI is InChI=1S/C10H8ClFS/c1-6-4-7-2-3-8(5-11)9(12)10(7)13-6/h2-4H,5H2,1H3. The van der Waals surface area contributed by atoms with E-state index in [1.807, 2.05) is 19.1 Å². The van der Waals surface area contributed by atoms with Crippen LogP contribution in [0.2, 0.25) is 0 Å². The Balaban J connectivity index is 2.78. The van der Waals surface area contributed by atoms with Crippen LogP contribution in [-0.4, -0.2) is 0 Å². The molecule has 13 heavy (non-hydrogen) atoms. The average Bonchev–Trinajstić information content (AvgIpc) is 2.47. The van der Waals surface area contributed by atoms with E-state index in [0.29, 0.717) is 5.56 Å². The summed E-state index contributed by atoms with van der Waals surface area (Å²) in [7, 11) is 0. The van der Waals surface area contributed by atoms with Crippen molar-refractivity contribution in [3.05, 3.63) is 34.5 Å². The minimum Gasteiger partial charge on any atom is -0.205 e. The molecule has 0 fully saturated rings. The van der Waals surface area contributed by atoms with Gasteiger partial charge in [0.1, 0.15) is 5.82 Å². The molecule has 2 rings (SSSR count). The number of benzene rings is 1. The van der Waals surface area contributed by atoms with Crippen molar-refractivity contribution >= 4 is 33.0 Å². The van der Waals surface area contributed by atoms with Crippen LogP contribution in [0, 0.1) is 12.7 Å². The Morgan fingerprint density at radius 2 is 2.23 bits per heavy atom. The Hall–Kier alpha value is -0.600. The molecule has 0 aliphatic carbocycles. The molecule has 0 aliphatic heterocycles. The lowest BCUT2D eigenvalue weighted by Crippen LogP contribution is -1.84. The van der Waals surface area contributed by atoms with Gasteiger partial charge in [-0.1, -0.05) is 12.1 Å². The molecule has 0 saturated heterocycles. The average molecular weight is 215 g/mol. The molecule has 2 aromatic rings. The molecule has 0 radical (unpaired) electrons. The minimum atomic E-state index is -0.161. The van der Waals surface area contributed by atoms with Crippen LogP contribution in [0.5, 0.6) is 0 Å². The number of alkyl halides is 1. The molecule has 68 valence electrons. The van der Waals surface area contributed by atoms with Crippen LogP contribution in [0.4, 0.5) is 4.39 Å². The monoisotopic (exact) mass is 214 g/mol. The van der Waals surface area contributed by atoms with Crippen molar-refractivity contribution in [1.29, 1.82) is 0 Å². The van der Waals surface area contributed by atoms with Crippen molar-refractivity contribution in [2.45, 2.75) is 12.8 Å². The van der Waals surface area contributed by atoms with E-state index in [2.05, 4.69) is 0 Å². The summed E-state index contributed by atoms with van der Waals surface area (Å²) in [5.41, 5.74) is 0.580. The minimum absolute atomic E-state index is 0.161. The van der Waals surface area contributed by atoms with Crippen LogP contribution in [-0.2, 0) is 5.88 Å². The highest BCUT2D eigenvalue weighted by molar-refractivity contribution is 7.19. The van der Waals surface area contributed by atoms with Crippen molar-refractivity contribution in [1.82, 2.24) is 0 Å². The molecule has 1 aromatic carbocycles. The van der Waals surface area contributed by atoms with Crippen LogP contribution >= 0.6 is 22.9 Å². The third-order valence-corrected chi connectivity index (χ3v) is 3.32. The molecule has 0 saturated carbocycles. The van der Waals surface area contributed by atoms with Gasteiger partial charge in [-0.3, -0.25) is 0 Å². The number of rotatable bonds is 1. The molecule has 1 aromatic heterocycles. The molecule has 0 bridgehead atoms. The second kappa shape index (κ2) is 3.28. The van der Waals surface area contributed by atoms with E-state index >= 15 is 0 Å². The van der Waals surface area contributed by atoms with Crippen LogP contribution in [0.15, 0.2) is 18.2 Å². The second-order valence-electron chi connectivity index (χ2n) is 2.95. The fraction of sp³-hybridized carbons (Fsp3) is 0.200. The fourth-order valence-electron chi connectivity index (χ4n) is 1.34. The van der Waals surface area contributed by atoms with E-state index in [9.17, 15) is 4.39 Å². The zero-order valence-corrected chi connectivity index (χ0v) is 8.68. The van der Waals surface area contributed by atoms with Gasteiger partial charge in [0.25, 0.3) is 0 Å². The number of thiophene rings is 1. The maximum atomic E-state index is 13.6. The quantitative estimate of drug-likeness (QED) is 0.628. The number of hydrogen-bond donors (Lipinski definition) is 0. The van der Waals surface area contributed by atoms with Gasteiger partial charge in [0.2, 0.25) is 0 Å². The Morgan fingerprint density at radius 3 is 2.92 bits per heavy atom. The van der Waals surface area contributed by atoms with Crippen molar-refractivity contribution in [3.63, 3.8) is 0 Å². The molecular formula is C10H8ClFS. The summed E-state index contributed by atoms with van der Waals surface area (Å²) in [5, 5.41) is 0.967. The molecule has 0 N–H and O–H groups in total. The number of halogens is 2. The zero-order chi connectivity index (χ0) is 9.42. The van der Waals surface area contributed by atoms with Crippen LogP contribution in [0.25, 0.3) is 10.1 Å². The lowest BCUT2D eigenvalue weighted by atomic mass is 10.2. The molecule has 3 heteroatoms. The summed E-state index contributed by atoms with van der Waals surface area (Å²) in [4.78, 5) is 1.13. The van der Waals surface area contributed by atoms with Gasteiger partial charge in [-0.15, -0.1) is 22.9 Å². The normalized spacial score (nSPS) is 11.0. The summed E-state index contributed by atoms with van der Waals surface area (Å²) in [5.74, 6) is 0.0734. The van der Waals surface area contributed by atoms with Gasteiger partial charge in [-0.05, 0) is 18.4 Å². The summed E-state index contributed by atoms with van der Waals surface area (Å²) in [6.07, 6.45) is 0. The van der Waals surface area contributed by atoms with E-state index in [1.54, 1.807) is 6.07 Å². The highest BCUT2D eigenvalue weighted by Gasteiger charge is 2.08. The van der Waals surface area contributed by atoms with E-state index in [1.165, 1.54) is 11.3 Å². The van der Waals surface area contributed by atoms with Gasteiger partial charge in [-0.2, -0.15) is 0 Å². The molecule has 0 spiro atoms. The predicted molar refractivity (Wildman–Crippen MR) is 56.1 cm³/mol. The van der Waals surface area contributed by atoms with E-state index in [4.69, 9.17) is 11.6 Å². The third kappa shape index (κ3) is 1.45. The fourth-order valence-corrected chi connectivity index (χ4v) is 2.52. The molecule has 0 atom stereocenters. The summed E-state index contributed by atoms with van der Waals surface area (Å²) >= 11 is 7.08. The van der Waals surface area contributed by atoms with Crippen LogP contribution in [0.3, 0.4) is 0 Å². The van der Waals surface area contributed by atoms with Crippen molar-refractivity contribution in [2.75, 3.05) is 0 Å². The van der Waals surface area contributed by atoms with E-state index in [0.717, 1.165) is 15.0 Å². The lowest BCUT2D eigenvalue weighted by Gasteiger charge is -1.98. The van der Waals surface area contributed by atoms with Crippen molar-refractivity contribution in [2.24, 2.45) is 0 Å². The first-order chi connectivity index (χ1) is 6.22. The molecule has 1 heterocycles. The van der Waals surface area contributed by atoms with Crippen molar-refractivity contribution in [3.8, 4) is 0 Å². The SMILES string of the molecule is Cc1cc2ccc(CCl)c(F)c2s1. The van der Waals surface area contributed by atoms with Crippen LogP contribution in [0.1, 0.15) is 10.4 Å².